The van der Waals surface area contributed by atoms with Gasteiger partial charge in [-0.15, -0.1) is 11.8 Å². The third kappa shape index (κ3) is 3.94. The van der Waals surface area contributed by atoms with Gasteiger partial charge in [0.25, 0.3) is 10.0 Å². The standard InChI is InChI=1S/C19H20N2O4S2/c1-5-25-18(22)15(12-20)11-17-13(2)19(26-4)27(23,24)21(14(17)3)16-9-7-6-8-10-16/h6-11H,5H2,1-4H3/b15-11+. The minimum atomic E-state index is -3.78. The fraction of sp³-hybridized carbons (Fsp3) is 0.263. The number of para-hydroxylation sites is 1. The van der Waals surface area contributed by atoms with Gasteiger partial charge in [0.1, 0.15) is 15.9 Å². The molecule has 0 spiro atoms. The fourth-order valence-electron chi connectivity index (χ4n) is 2.80. The van der Waals surface area contributed by atoms with Crippen molar-refractivity contribution in [1.82, 2.24) is 0 Å². The van der Waals surface area contributed by atoms with Crippen LogP contribution in [-0.2, 0) is 19.6 Å². The molecule has 0 aromatic heterocycles. The van der Waals surface area contributed by atoms with E-state index >= 15 is 0 Å². The summed E-state index contributed by atoms with van der Waals surface area (Å²) in [4.78, 5) is 12.0. The van der Waals surface area contributed by atoms with Crippen molar-refractivity contribution < 1.29 is 17.9 Å². The monoisotopic (exact) mass is 404 g/mol. The number of sulfonamides is 1. The lowest BCUT2D eigenvalue weighted by Gasteiger charge is -2.32. The largest absolute Gasteiger partial charge is 0.462 e. The van der Waals surface area contributed by atoms with Crippen molar-refractivity contribution in [2.45, 2.75) is 20.8 Å². The Kier molecular flexibility index (Phi) is 6.52. The second-order valence-electron chi connectivity index (χ2n) is 5.61. The number of hydrogen-bond donors (Lipinski definition) is 0. The number of nitriles is 1. The van der Waals surface area contributed by atoms with Gasteiger partial charge in [0.05, 0.1) is 12.3 Å². The normalized spacial score (nSPS) is 17.0. The number of hydrogen-bond acceptors (Lipinski definition) is 6. The van der Waals surface area contributed by atoms with E-state index in [1.165, 1.54) is 10.4 Å². The summed E-state index contributed by atoms with van der Waals surface area (Å²) < 4.78 is 32.6. The smallest absolute Gasteiger partial charge is 0.348 e. The molecule has 0 saturated heterocycles. The van der Waals surface area contributed by atoms with Crippen LogP contribution in [-0.4, -0.2) is 27.2 Å². The Balaban J connectivity index is 2.75. The Morgan fingerprint density at radius 3 is 2.44 bits per heavy atom. The minimum absolute atomic E-state index is 0.144. The molecule has 1 aliphatic rings. The van der Waals surface area contributed by atoms with Crippen LogP contribution in [0.5, 0.6) is 0 Å². The number of benzene rings is 1. The Bertz CT molecular complexity index is 984. The molecule has 2 rings (SSSR count). The molecule has 0 bridgehead atoms. The molecule has 1 aliphatic heterocycles. The lowest BCUT2D eigenvalue weighted by molar-refractivity contribution is -0.138. The summed E-state index contributed by atoms with van der Waals surface area (Å²) in [6, 6.07) is 10.5. The first-order chi connectivity index (χ1) is 12.8. The van der Waals surface area contributed by atoms with E-state index in [0.29, 0.717) is 22.5 Å². The van der Waals surface area contributed by atoms with E-state index in [1.807, 2.05) is 6.07 Å². The van der Waals surface area contributed by atoms with Crippen LogP contribution in [0.2, 0.25) is 0 Å². The lowest BCUT2D eigenvalue weighted by Crippen LogP contribution is -2.34. The van der Waals surface area contributed by atoms with Crippen molar-refractivity contribution in [2.24, 2.45) is 0 Å². The van der Waals surface area contributed by atoms with Crippen molar-refractivity contribution >= 4 is 33.4 Å². The molecule has 0 aliphatic carbocycles. The van der Waals surface area contributed by atoms with Crippen LogP contribution in [0.15, 0.2) is 63.1 Å². The zero-order valence-electron chi connectivity index (χ0n) is 15.5. The maximum absolute atomic E-state index is 13.1. The lowest BCUT2D eigenvalue weighted by atomic mass is 10.0. The second-order valence-corrected chi connectivity index (χ2v) is 8.41. The fourth-order valence-corrected chi connectivity index (χ4v) is 5.81. The molecule has 0 N–H and O–H groups in total. The number of carbonyl (C=O) groups excluding carboxylic acids is 1. The Morgan fingerprint density at radius 1 is 1.30 bits per heavy atom. The van der Waals surface area contributed by atoms with Gasteiger partial charge in [-0.2, -0.15) is 5.26 Å². The molecular formula is C19H20N2O4S2. The maximum Gasteiger partial charge on any atom is 0.348 e. The van der Waals surface area contributed by atoms with Crippen molar-refractivity contribution in [3.05, 3.63) is 63.1 Å². The van der Waals surface area contributed by atoms with Gasteiger partial charge in [-0.05, 0) is 50.8 Å². The molecule has 27 heavy (non-hydrogen) atoms. The first kappa shape index (κ1) is 20.8. The van der Waals surface area contributed by atoms with Gasteiger partial charge in [-0.1, -0.05) is 18.2 Å². The molecule has 1 aromatic carbocycles. The number of rotatable bonds is 5. The predicted molar refractivity (Wildman–Crippen MR) is 107 cm³/mol. The van der Waals surface area contributed by atoms with Gasteiger partial charge in [0, 0.05) is 11.3 Å². The van der Waals surface area contributed by atoms with Crippen molar-refractivity contribution in [2.75, 3.05) is 17.2 Å². The highest BCUT2D eigenvalue weighted by molar-refractivity contribution is 8.19. The molecule has 142 valence electrons. The quantitative estimate of drug-likeness (QED) is 0.422. The Hall–Kier alpha value is -2.50. The van der Waals surface area contributed by atoms with Crippen molar-refractivity contribution in [3.63, 3.8) is 0 Å². The third-order valence-electron chi connectivity index (χ3n) is 3.96. The van der Waals surface area contributed by atoms with E-state index in [9.17, 15) is 18.5 Å². The van der Waals surface area contributed by atoms with E-state index in [1.54, 1.807) is 57.4 Å². The van der Waals surface area contributed by atoms with Gasteiger partial charge < -0.3 is 4.74 Å². The summed E-state index contributed by atoms with van der Waals surface area (Å²) in [5.41, 5.74) is 1.70. The van der Waals surface area contributed by atoms with E-state index in [-0.39, 0.29) is 16.4 Å². The molecule has 0 fully saturated rings. The molecule has 0 atom stereocenters. The van der Waals surface area contributed by atoms with Gasteiger partial charge >= 0.3 is 5.97 Å². The van der Waals surface area contributed by atoms with Crippen LogP contribution in [0, 0.1) is 11.3 Å². The first-order valence-electron chi connectivity index (χ1n) is 8.15. The van der Waals surface area contributed by atoms with Gasteiger partial charge in [-0.25, -0.2) is 17.5 Å². The van der Waals surface area contributed by atoms with Gasteiger partial charge in [0.15, 0.2) is 0 Å². The average molecular weight is 405 g/mol. The topological polar surface area (TPSA) is 87.5 Å². The molecule has 0 saturated carbocycles. The highest BCUT2D eigenvalue weighted by Gasteiger charge is 2.36. The van der Waals surface area contributed by atoms with Crippen LogP contribution in [0.1, 0.15) is 20.8 Å². The number of esters is 1. The van der Waals surface area contributed by atoms with Crippen LogP contribution in [0.4, 0.5) is 5.69 Å². The van der Waals surface area contributed by atoms with Crippen LogP contribution >= 0.6 is 11.8 Å². The van der Waals surface area contributed by atoms with Crippen LogP contribution < -0.4 is 4.31 Å². The van der Waals surface area contributed by atoms with Crippen molar-refractivity contribution in [3.8, 4) is 6.07 Å². The van der Waals surface area contributed by atoms with E-state index < -0.39 is 16.0 Å². The summed E-state index contributed by atoms with van der Waals surface area (Å²) in [7, 11) is -3.78. The third-order valence-corrected chi connectivity index (χ3v) is 7.51. The number of carbonyl (C=O) groups is 1. The van der Waals surface area contributed by atoms with E-state index in [4.69, 9.17) is 4.74 Å². The minimum Gasteiger partial charge on any atom is -0.462 e. The molecule has 8 heteroatoms. The summed E-state index contributed by atoms with van der Waals surface area (Å²) >= 11 is 1.11. The van der Waals surface area contributed by atoms with Gasteiger partial charge in [0.2, 0.25) is 0 Å². The summed E-state index contributed by atoms with van der Waals surface area (Å²) in [5, 5.41) is 9.34. The number of nitrogens with zero attached hydrogens (tertiary/aromatic N) is 2. The molecule has 1 aromatic rings. The highest BCUT2D eigenvalue weighted by Crippen LogP contribution is 2.41. The second kappa shape index (κ2) is 8.46. The van der Waals surface area contributed by atoms with E-state index in [0.717, 1.165) is 11.8 Å². The molecule has 0 amide bonds. The Labute approximate surface area is 163 Å². The summed E-state index contributed by atoms with van der Waals surface area (Å²) in [5.74, 6) is -0.738. The number of thioether (sulfide) groups is 1. The number of allylic oxidation sites excluding steroid dienone is 4. The molecular weight excluding hydrogens is 384 g/mol. The average Bonchev–Trinajstić information content (AvgIpc) is 2.62. The molecule has 0 radical (unpaired) electrons. The Morgan fingerprint density at radius 2 is 1.93 bits per heavy atom. The molecule has 0 unspecified atom stereocenters. The van der Waals surface area contributed by atoms with E-state index in [2.05, 4.69) is 0 Å². The van der Waals surface area contributed by atoms with Crippen LogP contribution in [0.3, 0.4) is 0 Å². The SMILES string of the molecule is CCOC(=O)/C(C#N)=C/C1=C(C)N(c2ccccc2)S(=O)(=O)C(SC)=C1C. The van der Waals surface area contributed by atoms with Gasteiger partial charge in [-0.3, -0.25) is 0 Å². The highest BCUT2D eigenvalue weighted by atomic mass is 32.3. The molecule has 6 nitrogen and oxygen atoms in total. The summed E-state index contributed by atoms with van der Waals surface area (Å²) in [6.07, 6.45) is 3.07. The number of anilines is 1. The zero-order chi connectivity index (χ0) is 20.2. The van der Waals surface area contributed by atoms with Crippen LogP contribution in [0.25, 0.3) is 0 Å². The summed E-state index contributed by atoms with van der Waals surface area (Å²) in [6.45, 7) is 5.11. The predicted octanol–water partition coefficient (Wildman–Crippen LogP) is 3.72. The maximum atomic E-state index is 13.1. The number of ether oxygens (including phenoxy) is 1. The zero-order valence-corrected chi connectivity index (χ0v) is 17.1. The first-order valence-corrected chi connectivity index (χ1v) is 10.8. The molecule has 1 heterocycles. The van der Waals surface area contributed by atoms with Crippen molar-refractivity contribution in [1.29, 1.82) is 5.26 Å².